The second kappa shape index (κ2) is 5.37. The zero-order chi connectivity index (χ0) is 15.0. The number of H-pyrrole nitrogens is 1. The van der Waals surface area contributed by atoms with Crippen molar-refractivity contribution in [2.75, 3.05) is 0 Å². The van der Waals surface area contributed by atoms with E-state index in [2.05, 4.69) is 47.2 Å². The van der Waals surface area contributed by atoms with Gasteiger partial charge in [0.2, 0.25) is 5.78 Å². The van der Waals surface area contributed by atoms with Crippen LogP contribution in [0.2, 0.25) is 0 Å². The van der Waals surface area contributed by atoms with E-state index in [-0.39, 0.29) is 5.56 Å². The topological polar surface area (TPSA) is 63.0 Å². The van der Waals surface area contributed by atoms with Crippen molar-refractivity contribution >= 4 is 17.5 Å². The normalized spacial score (nSPS) is 11.2. The Balaban J connectivity index is 1.92. The van der Waals surface area contributed by atoms with E-state index in [9.17, 15) is 4.79 Å². The third kappa shape index (κ3) is 2.71. The minimum Gasteiger partial charge on any atom is -0.291 e. The number of aromatic nitrogens is 4. The highest BCUT2D eigenvalue weighted by Crippen LogP contribution is 2.24. The molecule has 0 atom stereocenters. The van der Waals surface area contributed by atoms with Crippen LogP contribution in [-0.2, 0) is 5.75 Å². The first kappa shape index (κ1) is 13.9. The molecule has 1 aromatic carbocycles. The predicted molar refractivity (Wildman–Crippen MR) is 83.8 cm³/mol. The standard InChI is InChI=1S/C15H16N4OS/c1-9-4-5-10(2)12(6-9)8-21-15-18-17-14-16-13(20)7-11(3)19(14)15/h4-7H,8H2,1-3H3,(H,16,17,20). The van der Waals surface area contributed by atoms with Gasteiger partial charge in [-0.15, -0.1) is 10.2 Å². The molecule has 0 aliphatic heterocycles. The summed E-state index contributed by atoms with van der Waals surface area (Å²) in [7, 11) is 0. The van der Waals surface area contributed by atoms with Gasteiger partial charge in [-0.25, -0.2) is 0 Å². The van der Waals surface area contributed by atoms with Gasteiger partial charge in [0, 0.05) is 17.5 Å². The molecule has 0 saturated heterocycles. The van der Waals surface area contributed by atoms with Crippen LogP contribution in [0.1, 0.15) is 22.4 Å². The number of aryl methyl sites for hydroxylation is 3. The van der Waals surface area contributed by atoms with Crippen LogP contribution < -0.4 is 5.56 Å². The summed E-state index contributed by atoms with van der Waals surface area (Å²) < 4.78 is 1.87. The van der Waals surface area contributed by atoms with Crippen LogP contribution in [0.5, 0.6) is 0 Å². The van der Waals surface area contributed by atoms with Gasteiger partial charge in [-0.2, -0.15) is 0 Å². The first-order chi connectivity index (χ1) is 10.0. The van der Waals surface area contributed by atoms with E-state index in [4.69, 9.17) is 0 Å². The van der Waals surface area contributed by atoms with E-state index in [1.54, 1.807) is 17.8 Å². The number of rotatable bonds is 3. The average Bonchev–Trinajstić information content (AvgIpc) is 2.83. The molecular weight excluding hydrogens is 284 g/mol. The highest BCUT2D eigenvalue weighted by molar-refractivity contribution is 7.98. The van der Waals surface area contributed by atoms with Crippen LogP contribution in [0.3, 0.4) is 0 Å². The summed E-state index contributed by atoms with van der Waals surface area (Å²) in [6, 6.07) is 8.00. The van der Waals surface area contributed by atoms with Gasteiger partial charge in [0.25, 0.3) is 5.56 Å². The minimum atomic E-state index is -0.154. The number of nitrogens with one attached hydrogen (secondary N) is 1. The Kier molecular flexibility index (Phi) is 3.55. The summed E-state index contributed by atoms with van der Waals surface area (Å²) in [5.41, 5.74) is 4.49. The summed E-state index contributed by atoms with van der Waals surface area (Å²) in [5.74, 6) is 1.32. The molecule has 2 heterocycles. The lowest BCUT2D eigenvalue weighted by Crippen LogP contribution is -2.09. The van der Waals surface area contributed by atoms with Crippen molar-refractivity contribution in [3.8, 4) is 0 Å². The van der Waals surface area contributed by atoms with E-state index in [1.165, 1.54) is 16.7 Å². The van der Waals surface area contributed by atoms with Gasteiger partial charge in [-0.1, -0.05) is 35.5 Å². The Hall–Kier alpha value is -2.08. The molecule has 0 radical (unpaired) electrons. The average molecular weight is 300 g/mol. The summed E-state index contributed by atoms with van der Waals surface area (Å²) in [6.45, 7) is 6.09. The molecule has 2 aromatic heterocycles. The fraction of sp³-hybridized carbons (Fsp3) is 0.267. The number of fused-ring (bicyclic) bond motifs is 1. The highest BCUT2D eigenvalue weighted by Gasteiger charge is 2.10. The molecule has 3 aromatic rings. The predicted octanol–water partition coefficient (Wildman–Crippen LogP) is 2.64. The molecule has 0 fully saturated rings. The molecule has 108 valence electrons. The molecule has 0 bridgehead atoms. The van der Waals surface area contributed by atoms with Crippen molar-refractivity contribution in [3.63, 3.8) is 0 Å². The van der Waals surface area contributed by atoms with Crippen molar-refractivity contribution in [2.45, 2.75) is 31.7 Å². The Morgan fingerprint density at radius 1 is 1.19 bits per heavy atom. The van der Waals surface area contributed by atoms with Gasteiger partial charge >= 0.3 is 0 Å². The van der Waals surface area contributed by atoms with Crippen LogP contribution in [0, 0.1) is 20.8 Å². The van der Waals surface area contributed by atoms with E-state index >= 15 is 0 Å². The molecule has 0 spiro atoms. The van der Waals surface area contributed by atoms with Crippen LogP contribution in [-0.4, -0.2) is 19.6 Å². The summed E-state index contributed by atoms with van der Waals surface area (Å²) in [6.07, 6.45) is 0. The zero-order valence-corrected chi connectivity index (χ0v) is 13.0. The fourth-order valence-corrected chi connectivity index (χ4v) is 3.31. The van der Waals surface area contributed by atoms with Gasteiger partial charge in [-0.3, -0.25) is 14.2 Å². The first-order valence-corrected chi connectivity index (χ1v) is 7.67. The lowest BCUT2D eigenvalue weighted by molar-refractivity contribution is 0.886. The Morgan fingerprint density at radius 2 is 2.00 bits per heavy atom. The monoisotopic (exact) mass is 300 g/mol. The maximum atomic E-state index is 11.4. The molecular formula is C15H16N4OS. The second-order valence-electron chi connectivity index (χ2n) is 5.14. The second-order valence-corrected chi connectivity index (χ2v) is 6.08. The lowest BCUT2D eigenvalue weighted by atomic mass is 10.1. The lowest BCUT2D eigenvalue weighted by Gasteiger charge is -2.07. The van der Waals surface area contributed by atoms with E-state index < -0.39 is 0 Å². The molecule has 3 rings (SSSR count). The number of aromatic amines is 1. The highest BCUT2D eigenvalue weighted by atomic mass is 32.2. The van der Waals surface area contributed by atoms with Crippen molar-refractivity contribution < 1.29 is 0 Å². The number of thioether (sulfide) groups is 1. The van der Waals surface area contributed by atoms with Gasteiger partial charge in [0.1, 0.15) is 0 Å². The zero-order valence-electron chi connectivity index (χ0n) is 12.2. The van der Waals surface area contributed by atoms with Crippen molar-refractivity contribution in [3.05, 3.63) is 57.0 Å². The maximum Gasteiger partial charge on any atom is 0.252 e. The smallest absolute Gasteiger partial charge is 0.252 e. The van der Waals surface area contributed by atoms with E-state index in [1.807, 2.05) is 11.3 Å². The van der Waals surface area contributed by atoms with Crippen LogP contribution in [0.4, 0.5) is 0 Å². The molecule has 0 amide bonds. The molecule has 0 aliphatic carbocycles. The van der Waals surface area contributed by atoms with Crippen molar-refractivity contribution in [1.29, 1.82) is 0 Å². The molecule has 21 heavy (non-hydrogen) atoms. The quantitative estimate of drug-likeness (QED) is 0.755. The van der Waals surface area contributed by atoms with E-state index in [0.29, 0.717) is 5.78 Å². The van der Waals surface area contributed by atoms with Crippen molar-refractivity contribution in [2.24, 2.45) is 0 Å². The molecule has 5 nitrogen and oxygen atoms in total. The molecule has 1 N–H and O–H groups in total. The van der Waals surface area contributed by atoms with Crippen LogP contribution in [0.15, 0.2) is 34.2 Å². The first-order valence-electron chi connectivity index (χ1n) is 6.68. The van der Waals surface area contributed by atoms with Crippen molar-refractivity contribution in [1.82, 2.24) is 19.6 Å². The summed E-state index contributed by atoms with van der Waals surface area (Å²) >= 11 is 1.62. The third-order valence-electron chi connectivity index (χ3n) is 3.42. The molecule has 0 saturated carbocycles. The SMILES string of the molecule is Cc1ccc(C)c(CSc2nnc3[nH]c(=O)cc(C)n23)c1. The number of hydrogen-bond donors (Lipinski definition) is 1. The molecule has 0 aliphatic rings. The van der Waals surface area contributed by atoms with Gasteiger partial charge in [-0.05, 0) is 31.9 Å². The number of hydrogen-bond acceptors (Lipinski definition) is 4. The summed E-state index contributed by atoms with van der Waals surface area (Å²) in [4.78, 5) is 14.1. The van der Waals surface area contributed by atoms with Gasteiger partial charge < -0.3 is 0 Å². The largest absolute Gasteiger partial charge is 0.291 e. The number of benzene rings is 1. The molecule has 6 heteroatoms. The third-order valence-corrected chi connectivity index (χ3v) is 4.40. The summed E-state index contributed by atoms with van der Waals surface area (Å²) in [5, 5.41) is 8.99. The number of nitrogens with zero attached hydrogens (tertiary/aromatic N) is 3. The van der Waals surface area contributed by atoms with Gasteiger partial charge in [0.05, 0.1) is 0 Å². The van der Waals surface area contributed by atoms with E-state index in [0.717, 1.165) is 16.6 Å². The Morgan fingerprint density at radius 3 is 2.81 bits per heavy atom. The van der Waals surface area contributed by atoms with Crippen LogP contribution >= 0.6 is 11.8 Å². The minimum absolute atomic E-state index is 0.154. The fourth-order valence-electron chi connectivity index (χ4n) is 2.26. The van der Waals surface area contributed by atoms with Crippen LogP contribution in [0.25, 0.3) is 5.78 Å². The maximum absolute atomic E-state index is 11.4. The Labute approximate surface area is 126 Å². The Bertz CT molecular complexity index is 866. The molecule has 0 unspecified atom stereocenters. The van der Waals surface area contributed by atoms with Gasteiger partial charge in [0.15, 0.2) is 5.16 Å².